The SMILES string of the molecule is Cc1ccc(NC(=O)c2cccc(C)c2[N+](=O)[O-])cc1S(=O)(=O)N1CCOCC1. The summed E-state index contributed by atoms with van der Waals surface area (Å²) < 4.78 is 32.5. The third-order valence-electron chi connectivity index (χ3n) is 4.70. The van der Waals surface area contributed by atoms with Gasteiger partial charge >= 0.3 is 0 Å². The zero-order valence-electron chi connectivity index (χ0n) is 16.0. The number of para-hydroxylation sites is 1. The third-order valence-corrected chi connectivity index (χ3v) is 6.74. The van der Waals surface area contributed by atoms with Crippen LogP contribution in [-0.2, 0) is 14.8 Å². The maximum Gasteiger partial charge on any atom is 0.285 e. The molecule has 0 unspecified atom stereocenters. The van der Waals surface area contributed by atoms with E-state index < -0.39 is 20.9 Å². The van der Waals surface area contributed by atoms with Crippen molar-refractivity contribution in [1.82, 2.24) is 4.31 Å². The number of rotatable bonds is 5. The van der Waals surface area contributed by atoms with Crippen molar-refractivity contribution >= 4 is 27.3 Å². The van der Waals surface area contributed by atoms with Crippen LogP contribution in [0, 0.1) is 24.0 Å². The molecule has 0 atom stereocenters. The molecule has 0 aliphatic carbocycles. The molecule has 0 bridgehead atoms. The highest BCUT2D eigenvalue weighted by molar-refractivity contribution is 7.89. The van der Waals surface area contributed by atoms with Crippen LogP contribution in [0.2, 0.25) is 0 Å². The van der Waals surface area contributed by atoms with Gasteiger partial charge in [0.1, 0.15) is 5.56 Å². The van der Waals surface area contributed by atoms with Crippen molar-refractivity contribution in [3.8, 4) is 0 Å². The van der Waals surface area contributed by atoms with E-state index in [-0.39, 0.29) is 34.9 Å². The zero-order chi connectivity index (χ0) is 21.2. The van der Waals surface area contributed by atoms with Crippen LogP contribution < -0.4 is 5.32 Å². The Balaban J connectivity index is 1.92. The second-order valence-electron chi connectivity index (χ2n) is 6.68. The van der Waals surface area contributed by atoms with Crippen LogP contribution in [0.3, 0.4) is 0 Å². The lowest BCUT2D eigenvalue weighted by Gasteiger charge is -2.26. The summed E-state index contributed by atoms with van der Waals surface area (Å²) in [7, 11) is -3.75. The number of amides is 1. The molecule has 3 rings (SSSR count). The van der Waals surface area contributed by atoms with Gasteiger partial charge in [0.2, 0.25) is 10.0 Å². The Kier molecular flexibility index (Phi) is 5.96. The van der Waals surface area contributed by atoms with E-state index in [0.717, 1.165) is 0 Å². The van der Waals surface area contributed by atoms with Gasteiger partial charge in [0.15, 0.2) is 0 Å². The molecule has 10 heteroatoms. The number of ether oxygens (including phenoxy) is 1. The molecule has 0 spiro atoms. The Morgan fingerprint density at radius 3 is 2.48 bits per heavy atom. The third kappa shape index (κ3) is 4.29. The van der Waals surface area contributed by atoms with Crippen molar-refractivity contribution in [3.63, 3.8) is 0 Å². The summed E-state index contributed by atoms with van der Waals surface area (Å²) in [6, 6.07) is 9.00. The smallest absolute Gasteiger partial charge is 0.285 e. The molecule has 0 saturated carbocycles. The summed E-state index contributed by atoms with van der Waals surface area (Å²) in [5, 5.41) is 13.9. The summed E-state index contributed by atoms with van der Waals surface area (Å²) in [4.78, 5) is 23.5. The highest BCUT2D eigenvalue weighted by atomic mass is 32.2. The molecule has 1 heterocycles. The summed E-state index contributed by atoms with van der Waals surface area (Å²) in [5.41, 5.74) is 0.771. The number of benzene rings is 2. The van der Waals surface area contributed by atoms with Gasteiger partial charge in [-0.1, -0.05) is 18.2 Å². The van der Waals surface area contributed by atoms with E-state index in [2.05, 4.69) is 5.32 Å². The first-order chi connectivity index (χ1) is 13.7. The quantitative estimate of drug-likeness (QED) is 0.587. The molecule has 1 amide bonds. The van der Waals surface area contributed by atoms with Gasteiger partial charge in [-0.2, -0.15) is 4.31 Å². The average molecular weight is 419 g/mol. The van der Waals surface area contributed by atoms with Gasteiger partial charge in [-0.25, -0.2) is 8.42 Å². The summed E-state index contributed by atoms with van der Waals surface area (Å²) in [5.74, 6) is -0.682. The van der Waals surface area contributed by atoms with E-state index in [4.69, 9.17) is 4.74 Å². The van der Waals surface area contributed by atoms with Crippen molar-refractivity contribution < 1.29 is 22.9 Å². The fourth-order valence-corrected chi connectivity index (χ4v) is 4.82. The number of anilines is 1. The predicted octanol–water partition coefficient (Wildman–Crippen LogP) is 2.48. The van der Waals surface area contributed by atoms with Crippen LogP contribution in [0.4, 0.5) is 11.4 Å². The van der Waals surface area contributed by atoms with Crippen molar-refractivity contribution in [2.45, 2.75) is 18.7 Å². The number of nitro groups is 1. The van der Waals surface area contributed by atoms with Crippen LogP contribution in [0.25, 0.3) is 0 Å². The molecule has 29 heavy (non-hydrogen) atoms. The van der Waals surface area contributed by atoms with Gasteiger partial charge in [0, 0.05) is 24.3 Å². The number of carbonyl (C=O) groups is 1. The van der Waals surface area contributed by atoms with Crippen molar-refractivity contribution in [2.24, 2.45) is 0 Å². The summed E-state index contributed by atoms with van der Waals surface area (Å²) in [6.45, 7) is 4.39. The largest absolute Gasteiger partial charge is 0.379 e. The van der Waals surface area contributed by atoms with E-state index in [1.54, 1.807) is 38.1 Å². The minimum atomic E-state index is -3.75. The van der Waals surface area contributed by atoms with Gasteiger partial charge in [-0.05, 0) is 37.6 Å². The minimum Gasteiger partial charge on any atom is -0.379 e. The van der Waals surface area contributed by atoms with E-state index in [1.807, 2.05) is 0 Å². The van der Waals surface area contributed by atoms with Gasteiger partial charge in [-0.15, -0.1) is 0 Å². The molecule has 154 valence electrons. The van der Waals surface area contributed by atoms with Crippen molar-refractivity contribution in [3.05, 3.63) is 63.2 Å². The molecule has 9 nitrogen and oxygen atoms in total. The molecule has 1 aliphatic rings. The van der Waals surface area contributed by atoms with E-state index in [0.29, 0.717) is 24.3 Å². The van der Waals surface area contributed by atoms with Crippen LogP contribution in [0.5, 0.6) is 0 Å². The highest BCUT2D eigenvalue weighted by Gasteiger charge is 2.28. The first-order valence-corrected chi connectivity index (χ1v) is 10.4. The van der Waals surface area contributed by atoms with Gasteiger partial charge in [0.05, 0.1) is 23.0 Å². The number of nitro benzene ring substituents is 1. The summed E-state index contributed by atoms with van der Waals surface area (Å²) >= 11 is 0. The Morgan fingerprint density at radius 1 is 1.14 bits per heavy atom. The lowest BCUT2D eigenvalue weighted by Crippen LogP contribution is -2.40. The lowest BCUT2D eigenvalue weighted by atomic mass is 10.1. The average Bonchev–Trinajstić information content (AvgIpc) is 2.69. The Hall–Kier alpha value is -2.82. The Labute approximate surface area is 168 Å². The van der Waals surface area contributed by atoms with Crippen LogP contribution in [-0.4, -0.2) is 49.9 Å². The highest BCUT2D eigenvalue weighted by Crippen LogP contribution is 2.27. The first kappa shape index (κ1) is 20.9. The Bertz CT molecular complexity index is 1060. The number of nitrogens with one attached hydrogen (secondary N) is 1. The normalized spacial score (nSPS) is 15.1. The molecule has 1 aliphatic heterocycles. The fourth-order valence-electron chi connectivity index (χ4n) is 3.16. The van der Waals surface area contributed by atoms with Crippen LogP contribution in [0.15, 0.2) is 41.3 Å². The van der Waals surface area contributed by atoms with Crippen molar-refractivity contribution in [1.29, 1.82) is 0 Å². The number of carbonyl (C=O) groups excluding carboxylic acids is 1. The first-order valence-electron chi connectivity index (χ1n) is 8.95. The number of nitrogens with zero attached hydrogens (tertiary/aromatic N) is 2. The standard InChI is InChI=1S/C19H21N3O6S/c1-13-6-7-15(12-17(13)29(26,27)21-8-10-28-11-9-21)20-19(23)16-5-3-4-14(2)18(16)22(24)25/h3-7,12H,8-11H2,1-2H3,(H,20,23). The van der Waals surface area contributed by atoms with E-state index in [1.165, 1.54) is 16.4 Å². The zero-order valence-corrected chi connectivity index (χ0v) is 16.9. The van der Waals surface area contributed by atoms with Gasteiger partial charge in [0.25, 0.3) is 11.6 Å². The predicted molar refractivity (Wildman–Crippen MR) is 107 cm³/mol. The second-order valence-corrected chi connectivity index (χ2v) is 8.59. The number of hydrogen-bond acceptors (Lipinski definition) is 6. The maximum atomic E-state index is 13.0. The lowest BCUT2D eigenvalue weighted by molar-refractivity contribution is -0.385. The second kappa shape index (κ2) is 8.27. The van der Waals surface area contributed by atoms with Crippen LogP contribution >= 0.6 is 0 Å². The van der Waals surface area contributed by atoms with Gasteiger partial charge in [-0.3, -0.25) is 14.9 Å². The molecular weight excluding hydrogens is 398 g/mol. The topological polar surface area (TPSA) is 119 Å². The molecule has 2 aromatic carbocycles. The molecule has 0 aromatic heterocycles. The molecule has 0 radical (unpaired) electrons. The van der Waals surface area contributed by atoms with E-state index in [9.17, 15) is 23.3 Å². The number of hydrogen-bond donors (Lipinski definition) is 1. The Morgan fingerprint density at radius 2 is 1.83 bits per heavy atom. The van der Waals surface area contributed by atoms with E-state index >= 15 is 0 Å². The van der Waals surface area contributed by atoms with Crippen molar-refractivity contribution in [2.75, 3.05) is 31.6 Å². The number of sulfonamides is 1. The molecular formula is C19H21N3O6S. The number of morpholine rings is 1. The molecule has 1 N–H and O–H groups in total. The van der Waals surface area contributed by atoms with Crippen LogP contribution in [0.1, 0.15) is 21.5 Å². The summed E-state index contributed by atoms with van der Waals surface area (Å²) in [6.07, 6.45) is 0. The number of aryl methyl sites for hydroxylation is 2. The maximum absolute atomic E-state index is 13.0. The molecule has 1 saturated heterocycles. The van der Waals surface area contributed by atoms with Gasteiger partial charge < -0.3 is 10.1 Å². The minimum absolute atomic E-state index is 0.0796. The monoisotopic (exact) mass is 419 g/mol. The molecule has 1 fully saturated rings. The molecule has 2 aromatic rings. The fraction of sp³-hybridized carbons (Fsp3) is 0.316.